The van der Waals surface area contributed by atoms with Crippen molar-refractivity contribution in [2.45, 2.75) is 11.8 Å². The molecule has 11 heteroatoms. The zero-order valence-corrected chi connectivity index (χ0v) is 15.9. The molecule has 0 aliphatic rings. The molecule has 0 bridgehead atoms. The first-order chi connectivity index (χ1) is 13.3. The molecule has 0 fully saturated rings. The van der Waals surface area contributed by atoms with Gasteiger partial charge in [0.05, 0.1) is 10.5 Å². The van der Waals surface area contributed by atoms with Crippen LogP contribution in [0.3, 0.4) is 0 Å². The van der Waals surface area contributed by atoms with Gasteiger partial charge in [-0.1, -0.05) is 19.1 Å². The first-order valence-corrected chi connectivity index (χ1v) is 9.73. The quantitative estimate of drug-likeness (QED) is 0.644. The molecule has 0 saturated heterocycles. The third-order valence-electron chi connectivity index (χ3n) is 3.83. The van der Waals surface area contributed by atoms with Crippen molar-refractivity contribution in [2.75, 3.05) is 11.9 Å². The lowest BCUT2D eigenvalue weighted by Gasteiger charge is -2.10. The number of amides is 1. The number of rotatable bonds is 6. The lowest BCUT2D eigenvalue weighted by molar-refractivity contribution is 0.102. The number of tetrazole rings is 1. The van der Waals surface area contributed by atoms with Crippen LogP contribution >= 0.6 is 0 Å². The smallest absolute Gasteiger partial charge is 0.258 e. The number of nitrogens with one attached hydrogen (secondary N) is 2. The van der Waals surface area contributed by atoms with Gasteiger partial charge >= 0.3 is 0 Å². The Balaban J connectivity index is 1.89. The summed E-state index contributed by atoms with van der Waals surface area (Å²) in [5.41, 5.74) is 0.642. The van der Waals surface area contributed by atoms with Crippen LogP contribution in [0.25, 0.3) is 11.4 Å². The highest BCUT2D eigenvalue weighted by Crippen LogP contribution is 2.21. The van der Waals surface area contributed by atoms with E-state index < -0.39 is 21.7 Å². The zero-order valence-electron chi connectivity index (χ0n) is 15.0. The maximum absolute atomic E-state index is 14.1. The largest absolute Gasteiger partial charge is 0.322 e. The Labute approximate surface area is 160 Å². The number of sulfonamides is 1. The number of benzene rings is 2. The van der Waals surface area contributed by atoms with Crippen molar-refractivity contribution in [1.82, 2.24) is 24.9 Å². The molecular formula is C17H17FN6O3S. The monoisotopic (exact) mass is 404 g/mol. The Morgan fingerprint density at radius 2 is 2.00 bits per heavy atom. The molecule has 146 valence electrons. The normalized spacial score (nSPS) is 11.4. The summed E-state index contributed by atoms with van der Waals surface area (Å²) < 4.78 is 42.1. The summed E-state index contributed by atoms with van der Waals surface area (Å²) in [5, 5.41) is 13.8. The predicted octanol–water partition coefficient (Wildman–Crippen LogP) is 1.57. The van der Waals surface area contributed by atoms with Crippen molar-refractivity contribution in [1.29, 1.82) is 0 Å². The number of halogens is 1. The number of carbonyl (C=O) groups is 1. The maximum atomic E-state index is 14.1. The van der Waals surface area contributed by atoms with Gasteiger partial charge in [0.1, 0.15) is 5.82 Å². The van der Waals surface area contributed by atoms with E-state index >= 15 is 0 Å². The fourth-order valence-corrected chi connectivity index (χ4v) is 3.59. The summed E-state index contributed by atoms with van der Waals surface area (Å²) in [7, 11) is -2.15. The highest BCUT2D eigenvalue weighted by molar-refractivity contribution is 7.89. The van der Waals surface area contributed by atoms with E-state index in [2.05, 4.69) is 25.6 Å². The second-order valence-electron chi connectivity index (χ2n) is 5.80. The van der Waals surface area contributed by atoms with E-state index in [9.17, 15) is 17.6 Å². The second kappa shape index (κ2) is 7.82. The number of carbonyl (C=O) groups excluding carboxylic acids is 1. The fourth-order valence-electron chi connectivity index (χ4n) is 2.53. The van der Waals surface area contributed by atoms with Crippen molar-refractivity contribution < 1.29 is 17.6 Å². The Kier molecular flexibility index (Phi) is 5.47. The van der Waals surface area contributed by atoms with Crippen molar-refractivity contribution in [2.24, 2.45) is 7.05 Å². The zero-order chi connectivity index (χ0) is 20.3. The second-order valence-corrected chi connectivity index (χ2v) is 7.57. The van der Waals surface area contributed by atoms with Gasteiger partial charge in [-0.25, -0.2) is 22.2 Å². The molecule has 0 unspecified atom stereocenters. The molecule has 0 aliphatic carbocycles. The van der Waals surface area contributed by atoms with Crippen molar-refractivity contribution >= 4 is 21.6 Å². The Morgan fingerprint density at radius 3 is 2.68 bits per heavy atom. The van der Waals surface area contributed by atoms with E-state index in [-0.39, 0.29) is 17.0 Å². The van der Waals surface area contributed by atoms with E-state index in [4.69, 9.17) is 0 Å². The van der Waals surface area contributed by atoms with Crippen molar-refractivity contribution in [3.8, 4) is 11.4 Å². The maximum Gasteiger partial charge on any atom is 0.258 e. The Bertz CT molecular complexity index is 1130. The van der Waals surface area contributed by atoms with Gasteiger partial charge in [-0.05, 0) is 40.8 Å². The molecule has 0 aliphatic heterocycles. The van der Waals surface area contributed by atoms with Gasteiger partial charge in [0, 0.05) is 24.8 Å². The fraction of sp³-hybridized carbons (Fsp3) is 0.176. The van der Waals surface area contributed by atoms with Crippen LogP contribution in [0.15, 0.2) is 47.4 Å². The van der Waals surface area contributed by atoms with E-state index in [1.54, 1.807) is 38.2 Å². The van der Waals surface area contributed by atoms with Crippen molar-refractivity contribution in [3.05, 3.63) is 53.8 Å². The minimum Gasteiger partial charge on any atom is -0.322 e. The van der Waals surface area contributed by atoms with Crippen LogP contribution in [0, 0.1) is 5.82 Å². The van der Waals surface area contributed by atoms with Crippen LogP contribution in [0.5, 0.6) is 0 Å². The van der Waals surface area contributed by atoms with Crippen LogP contribution in [-0.2, 0) is 17.1 Å². The Morgan fingerprint density at radius 1 is 1.21 bits per heavy atom. The van der Waals surface area contributed by atoms with E-state index in [0.29, 0.717) is 17.1 Å². The molecule has 1 aromatic heterocycles. The van der Waals surface area contributed by atoms with Gasteiger partial charge in [0.15, 0.2) is 5.82 Å². The van der Waals surface area contributed by atoms with Gasteiger partial charge in [-0.3, -0.25) is 4.79 Å². The van der Waals surface area contributed by atoms with Crippen LogP contribution in [0.4, 0.5) is 10.1 Å². The lowest BCUT2D eigenvalue weighted by Crippen LogP contribution is -2.24. The number of hydrogen-bond donors (Lipinski definition) is 2. The molecule has 1 amide bonds. The number of hydrogen-bond acceptors (Lipinski definition) is 6. The summed E-state index contributed by atoms with van der Waals surface area (Å²) >= 11 is 0. The van der Waals surface area contributed by atoms with Gasteiger partial charge in [-0.15, -0.1) is 5.10 Å². The van der Waals surface area contributed by atoms with Gasteiger partial charge in [0.25, 0.3) is 5.91 Å². The minimum absolute atomic E-state index is 0.172. The standard InChI is InChI=1S/C17H17FN6O3S/c1-3-19-28(26,27)13-7-8-15(18)14(10-13)17(25)20-12-6-4-5-11(9-12)16-21-22-23-24(16)2/h4-10,19H,3H2,1-2H3,(H,20,25). The molecule has 2 aromatic carbocycles. The van der Waals surface area contributed by atoms with Crippen LogP contribution in [-0.4, -0.2) is 41.1 Å². The molecular weight excluding hydrogens is 387 g/mol. The van der Waals surface area contributed by atoms with Gasteiger partial charge < -0.3 is 5.32 Å². The molecule has 2 N–H and O–H groups in total. The molecule has 28 heavy (non-hydrogen) atoms. The van der Waals surface area contributed by atoms with Crippen molar-refractivity contribution in [3.63, 3.8) is 0 Å². The molecule has 3 aromatic rings. The Hall–Kier alpha value is -3.18. The first kappa shape index (κ1) is 19.6. The molecule has 0 spiro atoms. The topological polar surface area (TPSA) is 119 Å². The molecule has 0 saturated carbocycles. The molecule has 3 rings (SSSR count). The highest BCUT2D eigenvalue weighted by atomic mass is 32.2. The molecule has 0 radical (unpaired) electrons. The average molecular weight is 404 g/mol. The summed E-state index contributed by atoms with van der Waals surface area (Å²) in [6.07, 6.45) is 0. The third-order valence-corrected chi connectivity index (χ3v) is 5.37. The number of aryl methyl sites for hydroxylation is 1. The number of nitrogens with zero attached hydrogens (tertiary/aromatic N) is 4. The average Bonchev–Trinajstić information content (AvgIpc) is 3.08. The first-order valence-electron chi connectivity index (χ1n) is 8.25. The molecule has 0 atom stereocenters. The summed E-state index contributed by atoms with van der Waals surface area (Å²) in [6, 6.07) is 9.72. The molecule has 9 nitrogen and oxygen atoms in total. The van der Waals surface area contributed by atoms with E-state index in [1.165, 1.54) is 4.68 Å². The summed E-state index contributed by atoms with van der Waals surface area (Å²) in [5.74, 6) is -1.12. The summed E-state index contributed by atoms with van der Waals surface area (Å²) in [4.78, 5) is 12.3. The number of aromatic nitrogens is 4. The van der Waals surface area contributed by atoms with Crippen LogP contribution in [0.1, 0.15) is 17.3 Å². The lowest BCUT2D eigenvalue weighted by atomic mass is 10.1. The predicted molar refractivity (Wildman–Crippen MR) is 99.4 cm³/mol. The third kappa shape index (κ3) is 4.05. The summed E-state index contributed by atoms with van der Waals surface area (Å²) in [6.45, 7) is 1.79. The van der Waals surface area contributed by atoms with Crippen LogP contribution < -0.4 is 10.0 Å². The van der Waals surface area contributed by atoms with E-state index in [0.717, 1.165) is 18.2 Å². The highest BCUT2D eigenvalue weighted by Gasteiger charge is 2.19. The van der Waals surface area contributed by atoms with Gasteiger partial charge in [0.2, 0.25) is 10.0 Å². The van der Waals surface area contributed by atoms with Crippen LogP contribution in [0.2, 0.25) is 0 Å². The number of anilines is 1. The van der Waals surface area contributed by atoms with E-state index in [1.807, 2.05) is 0 Å². The van der Waals surface area contributed by atoms with Gasteiger partial charge in [-0.2, -0.15) is 0 Å². The minimum atomic E-state index is -3.82. The SMILES string of the molecule is CCNS(=O)(=O)c1ccc(F)c(C(=O)Nc2cccc(-c3nnnn3C)c2)c1. The molecule has 1 heterocycles.